The summed E-state index contributed by atoms with van der Waals surface area (Å²) in [5.74, 6) is 0.107. The zero-order chi connectivity index (χ0) is 13.7. The average molecular weight is 254 g/mol. The van der Waals surface area contributed by atoms with Crippen LogP contribution in [0.25, 0.3) is 10.9 Å². The third-order valence-electron chi connectivity index (χ3n) is 2.49. The zero-order valence-electron chi connectivity index (χ0n) is 9.97. The highest BCUT2D eigenvalue weighted by atomic mass is 19.1. The van der Waals surface area contributed by atoms with Gasteiger partial charge in [-0.05, 0) is 24.3 Å². The summed E-state index contributed by atoms with van der Waals surface area (Å²) < 4.78 is 12.4. The predicted molar refractivity (Wildman–Crippen MR) is 71.6 cm³/mol. The summed E-state index contributed by atoms with van der Waals surface area (Å²) in [4.78, 5) is 0. The summed E-state index contributed by atoms with van der Waals surface area (Å²) in [5, 5.41) is 15.9. The molecule has 0 bridgehead atoms. The number of rotatable bonds is 0. The molecule has 0 fully saturated rings. The fourth-order valence-corrected chi connectivity index (χ4v) is 1.54. The van der Waals surface area contributed by atoms with Gasteiger partial charge in [-0.1, -0.05) is 24.3 Å². The maximum absolute atomic E-state index is 12.4. The first-order chi connectivity index (χ1) is 9.22. The Labute approximate surface area is 109 Å². The minimum absolute atomic E-state index is 0.0949. The van der Waals surface area contributed by atoms with E-state index < -0.39 is 5.82 Å². The fourth-order valence-electron chi connectivity index (χ4n) is 1.54. The van der Waals surface area contributed by atoms with Crippen LogP contribution in [0.2, 0.25) is 0 Å². The standard InChI is InChI=1S/C7H4FN.C7H7N3/c8-7-4-2-1-3-6(7)5-9;8-7-5-3-1-2-4-6(5)9-10-7/h1-4H;1-4H,(H3,8,9,10). The van der Waals surface area contributed by atoms with Crippen LogP contribution in [0, 0.1) is 17.1 Å². The molecule has 94 valence electrons. The minimum atomic E-state index is -0.458. The number of hydrogen-bond donors (Lipinski definition) is 2. The topological polar surface area (TPSA) is 78.5 Å². The van der Waals surface area contributed by atoms with Crippen molar-refractivity contribution < 1.29 is 4.39 Å². The number of nitrogens with two attached hydrogens (primary N) is 1. The Balaban J connectivity index is 0.000000141. The number of halogens is 1. The number of anilines is 1. The Morgan fingerprint density at radius 1 is 1.11 bits per heavy atom. The monoisotopic (exact) mass is 254 g/mol. The number of hydrogen-bond acceptors (Lipinski definition) is 3. The van der Waals surface area contributed by atoms with Gasteiger partial charge >= 0.3 is 0 Å². The van der Waals surface area contributed by atoms with Crippen molar-refractivity contribution in [2.24, 2.45) is 0 Å². The van der Waals surface area contributed by atoms with Gasteiger partial charge in [-0.15, -0.1) is 0 Å². The van der Waals surface area contributed by atoms with E-state index in [1.807, 2.05) is 24.3 Å². The summed E-state index contributed by atoms with van der Waals surface area (Å²) in [6.45, 7) is 0. The molecule has 0 unspecified atom stereocenters. The van der Waals surface area contributed by atoms with Crippen LogP contribution in [0.3, 0.4) is 0 Å². The van der Waals surface area contributed by atoms with E-state index >= 15 is 0 Å². The van der Waals surface area contributed by atoms with Gasteiger partial charge in [0.15, 0.2) is 5.82 Å². The SMILES string of the molecule is N#Cc1ccccc1F.Nc1n[nH]c2ccccc12. The molecule has 0 spiro atoms. The third kappa shape index (κ3) is 2.87. The Morgan fingerprint density at radius 2 is 1.79 bits per heavy atom. The zero-order valence-corrected chi connectivity index (χ0v) is 9.97. The van der Waals surface area contributed by atoms with Crippen LogP contribution in [-0.2, 0) is 0 Å². The summed E-state index contributed by atoms with van der Waals surface area (Å²) in [7, 11) is 0. The normalized spacial score (nSPS) is 9.47. The van der Waals surface area contributed by atoms with Gasteiger partial charge in [-0.3, -0.25) is 5.10 Å². The van der Waals surface area contributed by atoms with Crippen molar-refractivity contribution in [2.75, 3.05) is 5.73 Å². The van der Waals surface area contributed by atoms with Gasteiger partial charge in [0, 0.05) is 5.39 Å². The Morgan fingerprint density at radius 3 is 2.42 bits per heavy atom. The largest absolute Gasteiger partial charge is 0.382 e. The van der Waals surface area contributed by atoms with Crippen LogP contribution in [0.5, 0.6) is 0 Å². The van der Waals surface area contributed by atoms with Gasteiger partial charge in [0.1, 0.15) is 11.9 Å². The van der Waals surface area contributed by atoms with Gasteiger partial charge in [-0.2, -0.15) is 10.4 Å². The van der Waals surface area contributed by atoms with Crippen molar-refractivity contribution in [2.45, 2.75) is 0 Å². The van der Waals surface area contributed by atoms with Gasteiger partial charge in [0.2, 0.25) is 0 Å². The van der Waals surface area contributed by atoms with E-state index in [-0.39, 0.29) is 5.56 Å². The van der Waals surface area contributed by atoms with Crippen molar-refractivity contribution in [1.29, 1.82) is 5.26 Å². The lowest BCUT2D eigenvalue weighted by atomic mass is 10.2. The maximum Gasteiger partial charge on any atom is 0.153 e. The molecule has 0 aliphatic heterocycles. The molecule has 0 atom stereocenters. The van der Waals surface area contributed by atoms with Crippen LogP contribution >= 0.6 is 0 Å². The molecule has 19 heavy (non-hydrogen) atoms. The first-order valence-electron chi connectivity index (χ1n) is 5.55. The summed E-state index contributed by atoms with van der Waals surface area (Å²) >= 11 is 0. The van der Waals surface area contributed by atoms with Crippen LogP contribution in [0.15, 0.2) is 48.5 Å². The molecule has 0 amide bonds. The lowest BCUT2D eigenvalue weighted by Crippen LogP contribution is -1.82. The lowest BCUT2D eigenvalue weighted by molar-refractivity contribution is 0.624. The third-order valence-corrected chi connectivity index (χ3v) is 2.49. The number of fused-ring (bicyclic) bond motifs is 1. The van der Waals surface area contributed by atoms with E-state index in [0.717, 1.165) is 10.9 Å². The highest BCUT2D eigenvalue weighted by molar-refractivity contribution is 5.88. The van der Waals surface area contributed by atoms with Crippen molar-refractivity contribution in [1.82, 2.24) is 10.2 Å². The second-order valence-electron chi connectivity index (χ2n) is 3.75. The molecule has 0 aliphatic carbocycles. The second kappa shape index (κ2) is 5.65. The molecule has 4 nitrogen and oxygen atoms in total. The van der Waals surface area contributed by atoms with Crippen molar-refractivity contribution in [3.63, 3.8) is 0 Å². The van der Waals surface area contributed by atoms with Crippen molar-refractivity contribution in [3.05, 3.63) is 59.9 Å². The van der Waals surface area contributed by atoms with E-state index in [2.05, 4.69) is 10.2 Å². The first-order valence-corrected chi connectivity index (χ1v) is 5.55. The predicted octanol–water partition coefficient (Wildman–Crippen LogP) is 2.84. The number of nitrogens with one attached hydrogen (secondary N) is 1. The highest BCUT2D eigenvalue weighted by Gasteiger charge is 1.97. The van der Waals surface area contributed by atoms with Crippen LogP contribution in [0.1, 0.15) is 5.56 Å². The van der Waals surface area contributed by atoms with Gasteiger partial charge in [-0.25, -0.2) is 4.39 Å². The Hall–Kier alpha value is -2.87. The number of benzene rings is 2. The highest BCUT2D eigenvalue weighted by Crippen LogP contribution is 2.15. The Kier molecular flexibility index (Phi) is 3.74. The number of nitrogen functional groups attached to an aromatic ring is 1. The molecule has 0 saturated heterocycles. The number of para-hydroxylation sites is 1. The van der Waals surface area contributed by atoms with E-state index in [1.54, 1.807) is 18.2 Å². The van der Waals surface area contributed by atoms with E-state index in [9.17, 15) is 4.39 Å². The van der Waals surface area contributed by atoms with E-state index in [4.69, 9.17) is 11.0 Å². The lowest BCUT2D eigenvalue weighted by Gasteiger charge is -1.86. The fraction of sp³-hybridized carbons (Fsp3) is 0. The van der Waals surface area contributed by atoms with Gasteiger partial charge in [0.25, 0.3) is 0 Å². The number of aromatic amines is 1. The van der Waals surface area contributed by atoms with Gasteiger partial charge < -0.3 is 5.73 Å². The maximum atomic E-state index is 12.4. The minimum Gasteiger partial charge on any atom is -0.382 e. The molecule has 2 aromatic carbocycles. The van der Waals surface area contributed by atoms with E-state index in [1.165, 1.54) is 12.1 Å². The summed E-state index contributed by atoms with van der Waals surface area (Å²) in [5.41, 5.74) is 6.61. The summed E-state index contributed by atoms with van der Waals surface area (Å²) in [6, 6.07) is 15.4. The molecule has 3 aromatic rings. The average Bonchev–Trinajstić information content (AvgIpc) is 2.82. The molecular weight excluding hydrogens is 243 g/mol. The molecule has 0 aliphatic rings. The van der Waals surface area contributed by atoms with E-state index in [0.29, 0.717) is 5.82 Å². The quantitative estimate of drug-likeness (QED) is 0.647. The molecule has 0 saturated carbocycles. The molecule has 3 N–H and O–H groups in total. The smallest absolute Gasteiger partial charge is 0.153 e. The first kappa shape index (κ1) is 12.6. The molecule has 5 heteroatoms. The number of H-pyrrole nitrogens is 1. The number of nitriles is 1. The molecule has 3 rings (SSSR count). The second-order valence-corrected chi connectivity index (χ2v) is 3.75. The van der Waals surface area contributed by atoms with Crippen LogP contribution in [0.4, 0.5) is 10.2 Å². The molecular formula is C14H11FN4. The van der Waals surface area contributed by atoms with Crippen molar-refractivity contribution >= 4 is 16.7 Å². The summed E-state index contributed by atoms with van der Waals surface area (Å²) in [6.07, 6.45) is 0. The van der Waals surface area contributed by atoms with Crippen LogP contribution < -0.4 is 5.73 Å². The van der Waals surface area contributed by atoms with Crippen molar-refractivity contribution in [3.8, 4) is 6.07 Å². The van der Waals surface area contributed by atoms with Crippen LogP contribution in [-0.4, -0.2) is 10.2 Å². The van der Waals surface area contributed by atoms with Gasteiger partial charge in [0.05, 0.1) is 11.1 Å². The molecule has 1 aromatic heterocycles. The molecule has 1 heterocycles. The number of aromatic nitrogens is 2. The Bertz CT molecular complexity index is 727. The number of nitrogens with zero attached hydrogens (tertiary/aromatic N) is 2. The molecule has 0 radical (unpaired) electrons.